The first-order valence-corrected chi connectivity index (χ1v) is 6.20. The van der Waals surface area contributed by atoms with Crippen LogP contribution in [0.5, 0.6) is 0 Å². The van der Waals surface area contributed by atoms with Gasteiger partial charge in [0.2, 0.25) is 5.91 Å². The van der Waals surface area contributed by atoms with E-state index < -0.39 is 6.04 Å². The molecule has 0 spiro atoms. The van der Waals surface area contributed by atoms with Gasteiger partial charge in [-0.25, -0.2) is 0 Å². The highest BCUT2D eigenvalue weighted by molar-refractivity contribution is 6.08. The average Bonchev–Trinajstić information content (AvgIpc) is 2.84. The second kappa shape index (κ2) is 4.87. The van der Waals surface area contributed by atoms with E-state index >= 15 is 0 Å². The standard InChI is InChI=1S/C13H17N3O3/c1-8(2)16-11(17)7-9(13(16)19)14-12(18)10-5-4-6-15(10)3/h4-6,8-9H,7H2,1-3H3,(H,14,18)/t9-/m0/s1. The van der Waals surface area contributed by atoms with Crippen molar-refractivity contribution >= 4 is 17.7 Å². The minimum Gasteiger partial charge on any atom is -0.347 e. The normalized spacial score (nSPS) is 19.4. The molecule has 1 aromatic rings. The number of hydrogen-bond donors (Lipinski definition) is 1. The van der Waals surface area contributed by atoms with Gasteiger partial charge in [-0.3, -0.25) is 19.3 Å². The van der Waals surface area contributed by atoms with Crippen LogP contribution in [0.2, 0.25) is 0 Å². The number of aromatic nitrogens is 1. The summed E-state index contributed by atoms with van der Waals surface area (Å²) in [6.07, 6.45) is 1.78. The van der Waals surface area contributed by atoms with Gasteiger partial charge in [-0.05, 0) is 26.0 Å². The Labute approximate surface area is 111 Å². The monoisotopic (exact) mass is 263 g/mol. The van der Waals surface area contributed by atoms with Crippen LogP contribution in [-0.4, -0.2) is 39.3 Å². The van der Waals surface area contributed by atoms with Crippen LogP contribution in [-0.2, 0) is 16.6 Å². The van der Waals surface area contributed by atoms with Gasteiger partial charge >= 0.3 is 0 Å². The van der Waals surface area contributed by atoms with Gasteiger partial charge in [0.1, 0.15) is 11.7 Å². The van der Waals surface area contributed by atoms with Crippen molar-refractivity contribution in [2.75, 3.05) is 0 Å². The lowest BCUT2D eigenvalue weighted by atomic mass is 10.2. The summed E-state index contributed by atoms with van der Waals surface area (Å²) in [4.78, 5) is 37.0. The average molecular weight is 263 g/mol. The zero-order chi connectivity index (χ0) is 14.2. The fourth-order valence-electron chi connectivity index (χ4n) is 2.24. The van der Waals surface area contributed by atoms with Crippen molar-refractivity contribution in [1.29, 1.82) is 0 Å². The number of imide groups is 1. The van der Waals surface area contributed by atoms with Crippen LogP contribution < -0.4 is 5.32 Å². The van der Waals surface area contributed by atoms with E-state index in [9.17, 15) is 14.4 Å². The summed E-state index contributed by atoms with van der Waals surface area (Å²) in [5.74, 6) is -0.913. The first kappa shape index (κ1) is 13.3. The molecule has 0 unspecified atom stereocenters. The third-order valence-corrected chi connectivity index (χ3v) is 3.18. The molecule has 1 atom stereocenters. The van der Waals surface area contributed by atoms with Crippen LogP contribution in [0.15, 0.2) is 18.3 Å². The maximum absolute atomic E-state index is 12.0. The molecule has 1 N–H and O–H groups in total. The Kier molecular flexibility index (Phi) is 3.42. The summed E-state index contributed by atoms with van der Waals surface area (Å²) >= 11 is 0. The summed E-state index contributed by atoms with van der Waals surface area (Å²) < 4.78 is 1.66. The van der Waals surface area contributed by atoms with Gasteiger partial charge in [-0.15, -0.1) is 0 Å². The van der Waals surface area contributed by atoms with E-state index in [1.165, 1.54) is 4.90 Å². The highest BCUT2D eigenvalue weighted by Crippen LogP contribution is 2.16. The van der Waals surface area contributed by atoms with Gasteiger partial charge in [0.25, 0.3) is 11.8 Å². The fraction of sp³-hybridized carbons (Fsp3) is 0.462. The van der Waals surface area contributed by atoms with Crippen LogP contribution >= 0.6 is 0 Å². The Morgan fingerprint density at radius 1 is 1.42 bits per heavy atom. The number of aryl methyl sites for hydroxylation is 1. The van der Waals surface area contributed by atoms with Gasteiger partial charge in [0.05, 0.1) is 6.42 Å². The maximum atomic E-state index is 12.0. The predicted octanol–water partition coefficient (Wildman–Crippen LogP) is 0.291. The van der Waals surface area contributed by atoms with Crippen LogP contribution in [0, 0.1) is 0 Å². The molecule has 1 fully saturated rings. The van der Waals surface area contributed by atoms with Crippen molar-refractivity contribution in [2.45, 2.75) is 32.4 Å². The molecule has 0 bridgehead atoms. The van der Waals surface area contributed by atoms with Gasteiger partial charge in [0, 0.05) is 19.3 Å². The van der Waals surface area contributed by atoms with Crippen molar-refractivity contribution in [3.8, 4) is 0 Å². The van der Waals surface area contributed by atoms with E-state index in [1.807, 2.05) is 0 Å². The summed E-state index contributed by atoms with van der Waals surface area (Å²) in [7, 11) is 1.75. The molecule has 1 aromatic heterocycles. The largest absolute Gasteiger partial charge is 0.347 e. The van der Waals surface area contributed by atoms with Crippen LogP contribution in [0.1, 0.15) is 30.8 Å². The predicted molar refractivity (Wildman–Crippen MR) is 68.3 cm³/mol. The molecule has 2 heterocycles. The fourth-order valence-corrected chi connectivity index (χ4v) is 2.24. The first-order chi connectivity index (χ1) is 8.91. The highest BCUT2D eigenvalue weighted by atomic mass is 16.2. The molecule has 3 amide bonds. The lowest BCUT2D eigenvalue weighted by Gasteiger charge is -2.19. The SMILES string of the molecule is CC(C)N1C(=O)C[C@H](NC(=O)c2cccn2C)C1=O. The highest BCUT2D eigenvalue weighted by Gasteiger charge is 2.40. The number of carbonyl (C=O) groups excluding carboxylic acids is 3. The van der Waals surface area contributed by atoms with Crippen LogP contribution in [0.3, 0.4) is 0 Å². The summed E-state index contributed by atoms with van der Waals surface area (Å²) in [5, 5.41) is 2.62. The van der Waals surface area contributed by atoms with E-state index in [4.69, 9.17) is 0 Å². The van der Waals surface area contributed by atoms with E-state index in [-0.39, 0.29) is 30.2 Å². The Hall–Kier alpha value is -2.11. The van der Waals surface area contributed by atoms with Crippen molar-refractivity contribution in [2.24, 2.45) is 7.05 Å². The molecule has 1 saturated heterocycles. The Morgan fingerprint density at radius 3 is 2.58 bits per heavy atom. The molecule has 0 aliphatic carbocycles. The molecule has 1 aliphatic heterocycles. The van der Waals surface area contributed by atoms with E-state index in [2.05, 4.69) is 5.32 Å². The number of rotatable bonds is 3. The molecule has 0 radical (unpaired) electrons. The van der Waals surface area contributed by atoms with Crippen LogP contribution in [0.4, 0.5) is 0 Å². The second-order valence-electron chi connectivity index (χ2n) is 4.93. The molecule has 6 nitrogen and oxygen atoms in total. The second-order valence-corrected chi connectivity index (χ2v) is 4.93. The molecule has 0 saturated carbocycles. The van der Waals surface area contributed by atoms with Crippen molar-refractivity contribution < 1.29 is 14.4 Å². The summed E-state index contributed by atoms with van der Waals surface area (Å²) in [6.45, 7) is 3.55. The quantitative estimate of drug-likeness (QED) is 0.797. The molecular weight excluding hydrogens is 246 g/mol. The molecular formula is C13H17N3O3. The molecule has 102 valence electrons. The van der Waals surface area contributed by atoms with E-state index in [0.717, 1.165) is 0 Å². The van der Waals surface area contributed by atoms with E-state index in [1.54, 1.807) is 43.8 Å². The van der Waals surface area contributed by atoms with Crippen molar-refractivity contribution in [1.82, 2.24) is 14.8 Å². The first-order valence-electron chi connectivity index (χ1n) is 6.20. The summed E-state index contributed by atoms with van der Waals surface area (Å²) in [5.41, 5.74) is 0.461. The number of nitrogens with one attached hydrogen (secondary N) is 1. The zero-order valence-corrected chi connectivity index (χ0v) is 11.2. The number of hydrogen-bond acceptors (Lipinski definition) is 3. The number of nitrogens with zero attached hydrogens (tertiary/aromatic N) is 2. The Morgan fingerprint density at radius 2 is 2.11 bits per heavy atom. The third-order valence-electron chi connectivity index (χ3n) is 3.18. The lowest BCUT2D eigenvalue weighted by molar-refractivity contribution is -0.140. The lowest BCUT2D eigenvalue weighted by Crippen LogP contribution is -2.44. The number of carbonyl (C=O) groups is 3. The molecule has 6 heteroatoms. The van der Waals surface area contributed by atoms with Gasteiger partial charge in [-0.2, -0.15) is 0 Å². The Balaban J connectivity index is 2.09. The molecule has 1 aliphatic rings. The minimum atomic E-state index is -0.753. The number of likely N-dealkylation sites (tertiary alicyclic amines) is 1. The van der Waals surface area contributed by atoms with Crippen molar-refractivity contribution in [3.05, 3.63) is 24.0 Å². The molecule has 19 heavy (non-hydrogen) atoms. The molecule has 0 aromatic carbocycles. The van der Waals surface area contributed by atoms with E-state index in [0.29, 0.717) is 5.69 Å². The minimum absolute atomic E-state index is 0.0349. The van der Waals surface area contributed by atoms with Crippen molar-refractivity contribution in [3.63, 3.8) is 0 Å². The van der Waals surface area contributed by atoms with Gasteiger partial charge in [-0.1, -0.05) is 0 Å². The van der Waals surface area contributed by atoms with Gasteiger partial charge < -0.3 is 9.88 Å². The zero-order valence-electron chi connectivity index (χ0n) is 11.2. The van der Waals surface area contributed by atoms with Gasteiger partial charge in [0.15, 0.2) is 0 Å². The third kappa shape index (κ3) is 2.38. The topological polar surface area (TPSA) is 71.4 Å². The maximum Gasteiger partial charge on any atom is 0.268 e. The molecule has 2 rings (SSSR count). The Bertz CT molecular complexity index is 533. The summed E-state index contributed by atoms with van der Waals surface area (Å²) in [6, 6.07) is 2.47. The van der Waals surface area contributed by atoms with Crippen LogP contribution in [0.25, 0.3) is 0 Å². The smallest absolute Gasteiger partial charge is 0.268 e. The number of amides is 3.